The molecular formula is C4Cl4N4. The summed E-state index contributed by atoms with van der Waals surface area (Å²) >= 11 is 22.2. The molecule has 8 heteroatoms. The Hall–Kier alpha value is -0.160. The molecule has 0 spiro atoms. The Morgan fingerprint density at radius 1 is 0.667 bits per heavy atom. The fourth-order valence-electron chi connectivity index (χ4n) is 0.387. The van der Waals surface area contributed by atoms with Crippen molar-refractivity contribution < 1.29 is 0 Å². The minimum absolute atomic E-state index is 0.00858. The van der Waals surface area contributed by atoms with E-state index in [1.165, 1.54) is 0 Å². The zero-order chi connectivity index (χ0) is 9.14. The number of hydrogen-bond donors (Lipinski definition) is 0. The van der Waals surface area contributed by atoms with E-state index in [1.54, 1.807) is 0 Å². The normalized spacial score (nSPS) is 18.3. The van der Waals surface area contributed by atoms with Gasteiger partial charge in [0.05, 0.1) is 0 Å². The van der Waals surface area contributed by atoms with Crippen LogP contribution in [0.2, 0.25) is 0 Å². The highest BCUT2D eigenvalue weighted by molar-refractivity contribution is 6.50. The van der Waals surface area contributed by atoms with Crippen molar-refractivity contribution >= 4 is 46.4 Å². The van der Waals surface area contributed by atoms with Crippen LogP contribution in [0.15, 0.2) is 41.1 Å². The third-order valence-electron chi connectivity index (χ3n) is 0.860. The standard InChI is InChI=1S/C4Cl4N4/c5-1-2(6)4(8)10-12-11-9-3(1)7. The van der Waals surface area contributed by atoms with Crippen LogP contribution in [0, 0.1) is 0 Å². The van der Waals surface area contributed by atoms with Crippen molar-refractivity contribution in [3.8, 4) is 0 Å². The molecule has 0 amide bonds. The first-order valence-electron chi connectivity index (χ1n) is 2.55. The Balaban J connectivity index is 3.21. The van der Waals surface area contributed by atoms with Crippen LogP contribution >= 0.6 is 46.4 Å². The van der Waals surface area contributed by atoms with Gasteiger partial charge in [0.2, 0.25) is 0 Å². The molecule has 0 fully saturated rings. The molecule has 0 saturated heterocycles. The van der Waals surface area contributed by atoms with Crippen LogP contribution in [-0.4, -0.2) is 0 Å². The van der Waals surface area contributed by atoms with Crippen LogP contribution in [0.5, 0.6) is 0 Å². The van der Waals surface area contributed by atoms with E-state index in [0.29, 0.717) is 0 Å². The first-order chi connectivity index (χ1) is 5.63. The van der Waals surface area contributed by atoms with Crippen LogP contribution < -0.4 is 0 Å². The van der Waals surface area contributed by atoms with E-state index >= 15 is 0 Å². The second-order valence-electron chi connectivity index (χ2n) is 1.59. The maximum absolute atomic E-state index is 5.61. The molecule has 1 rings (SSSR count). The summed E-state index contributed by atoms with van der Waals surface area (Å²) in [6, 6.07) is 0. The summed E-state index contributed by atoms with van der Waals surface area (Å²) in [5, 5.41) is 12.9. The van der Waals surface area contributed by atoms with Gasteiger partial charge in [0, 0.05) is 0 Å². The fourth-order valence-corrected chi connectivity index (χ4v) is 0.995. The third-order valence-corrected chi connectivity index (χ3v) is 2.42. The number of halogens is 4. The predicted molar refractivity (Wildman–Crippen MR) is 47.2 cm³/mol. The van der Waals surface area contributed by atoms with Gasteiger partial charge in [0.25, 0.3) is 0 Å². The maximum atomic E-state index is 5.61. The van der Waals surface area contributed by atoms with Gasteiger partial charge in [0.1, 0.15) is 10.1 Å². The van der Waals surface area contributed by atoms with E-state index < -0.39 is 0 Å². The number of allylic oxidation sites excluding steroid dienone is 2. The molecule has 4 nitrogen and oxygen atoms in total. The molecule has 1 aliphatic rings. The zero-order valence-corrected chi connectivity index (χ0v) is 8.32. The van der Waals surface area contributed by atoms with Crippen LogP contribution in [0.25, 0.3) is 0 Å². The lowest BCUT2D eigenvalue weighted by Crippen LogP contribution is -1.81. The van der Waals surface area contributed by atoms with Crippen molar-refractivity contribution in [1.82, 2.24) is 0 Å². The van der Waals surface area contributed by atoms with Gasteiger partial charge in [-0.25, -0.2) is 0 Å². The lowest BCUT2D eigenvalue weighted by Gasteiger charge is -1.98. The lowest BCUT2D eigenvalue weighted by molar-refractivity contribution is 0.930. The summed E-state index contributed by atoms with van der Waals surface area (Å²) in [5.74, 6) is 0. The molecule has 0 saturated carbocycles. The van der Waals surface area contributed by atoms with Crippen molar-refractivity contribution in [2.75, 3.05) is 0 Å². The van der Waals surface area contributed by atoms with E-state index in [9.17, 15) is 0 Å². The Morgan fingerprint density at radius 3 is 1.33 bits per heavy atom. The SMILES string of the molecule is ClC1=C(Cl)C(Cl)=C(Cl)N=NN=N1. The van der Waals surface area contributed by atoms with Crippen LogP contribution in [0.3, 0.4) is 0 Å². The molecule has 1 aliphatic heterocycles. The van der Waals surface area contributed by atoms with Crippen molar-refractivity contribution in [2.24, 2.45) is 20.7 Å². The van der Waals surface area contributed by atoms with Gasteiger partial charge >= 0.3 is 0 Å². The van der Waals surface area contributed by atoms with E-state index in [1.807, 2.05) is 0 Å². The monoisotopic (exact) mass is 244 g/mol. The first-order valence-corrected chi connectivity index (χ1v) is 4.07. The van der Waals surface area contributed by atoms with E-state index in [-0.39, 0.29) is 20.4 Å². The Labute approximate surface area is 87.5 Å². The molecule has 0 aliphatic carbocycles. The lowest BCUT2D eigenvalue weighted by atomic mass is 10.5. The molecule has 12 heavy (non-hydrogen) atoms. The third kappa shape index (κ3) is 2.17. The van der Waals surface area contributed by atoms with Crippen molar-refractivity contribution in [3.05, 3.63) is 20.4 Å². The summed E-state index contributed by atoms with van der Waals surface area (Å²) in [4.78, 5) is 0. The highest BCUT2D eigenvalue weighted by Crippen LogP contribution is 2.31. The summed E-state index contributed by atoms with van der Waals surface area (Å²) in [7, 11) is 0. The number of nitrogens with zero attached hydrogens (tertiary/aromatic N) is 4. The molecule has 0 aromatic heterocycles. The van der Waals surface area contributed by atoms with Gasteiger partial charge in [-0.05, 0) is 10.4 Å². The van der Waals surface area contributed by atoms with Crippen LogP contribution in [-0.2, 0) is 0 Å². The Morgan fingerprint density at radius 2 is 1.00 bits per heavy atom. The fraction of sp³-hybridized carbons (Fsp3) is 0. The maximum Gasteiger partial charge on any atom is 0.173 e. The van der Waals surface area contributed by atoms with E-state index in [4.69, 9.17) is 46.4 Å². The van der Waals surface area contributed by atoms with Gasteiger partial charge in [-0.3, -0.25) is 0 Å². The van der Waals surface area contributed by atoms with Gasteiger partial charge < -0.3 is 0 Å². The molecule has 0 N–H and O–H groups in total. The van der Waals surface area contributed by atoms with Gasteiger partial charge in [-0.1, -0.05) is 46.4 Å². The molecule has 0 unspecified atom stereocenters. The minimum atomic E-state index is -0.0848. The van der Waals surface area contributed by atoms with Gasteiger partial charge in [0.15, 0.2) is 10.3 Å². The molecule has 0 atom stereocenters. The van der Waals surface area contributed by atoms with E-state index in [0.717, 1.165) is 0 Å². The highest BCUT2D eigenvalue weighted by Gasteiger charge is 2.11. The van der Waals surface area contributed by atoms with E-state index in [2.05, 4.69) is 20.7 Å². The molecule has 0 bridgehead atoms. The smallest absolute Gasteiger partial charge is 0.115 e. The Bertz CT molecular complexity index is 283. The largest absolute Gasteiger partial charge is 0.173 e. The van der Waals surface area contributed by atoms with Gasteiger partial charge in [-0.15, -0.1) is 10.2 Å². The number of rotatable bonds is 0. The Kier molecular flexibility index (Phi) is 3.46. The molecule has 0 aromatic carbocycles. The summed E-state index contributed by atoms with van der Waals surface area (Å²) in [6.45, 7) is 0. The molecule has 64 valence electrons. The molecule has 0 aromatic rings. The number of hydrogen-bond acceptors (Lipinski definition) is 4. The minimum Gasteiger partial charge on any atom is -0.115 e. The first kappa shape index (κ1) is 9.92. The van der Waals surface area contributed by atoms with Crippen LogP contribution in [0.4, 0.5) is 0 Å². The average Bonchev–Trinajstić information content (AvgIpc) is 2.07. The molecule has 0 radical (unpaired) electrons. The van der Waals surface area contributed by atoms with Crippen molar-refractivity contribution in [1.29, 1.82) is 0 Å². The second-order valence-corrected chi connectivity index (χ2v) is 3.06. The zero-order valence-electron chi connectivity index (χ0n) is 5.30. The molecule has 1 heterocycles. The summed E-state index contributed by atoms with van der Waals surface area (Å²) in [6.07, 6.45) is 0. The van der Waals surface area contributed by atoms with Crippen molar-refractivity contribution in [2.45, 2.75) is 0 Å². The summed E-state index contributed by atoms with van der Waals surface area (Å²) in [5.41, 5.74) is 0. The van der Waals surface area contributed by atoms with Crippen LogP contribution in [0.1, 0.15) is 0 Å². The topological polar surface area (TPSA) is 49.4 Å². The average molecular weight is 246 g/mol. The predicted octanol–water partition coefficient (Wildman–Crippen LogP) is 4.11. The summed E-state index contributed by atoms with van der Waals surface area (Å²) < 4.78 is 0. The highest BCUT2D eigenvalue weighted by atomic mass is 35.5. The quantitative estimate of drug-likeness (QED) is 0.577. The molecular weight excluding hydrogens is 246 g/mol. The second kappa shape index (κ2) is 4.18. The van der Waals surface area contributed by atoms with Crippen molar-refractivity contribution in [3.63, 3.8) is 0 Å². The van der Waals surface area contributed by atoms with Gasteiger partial charge in [-0.2, -0.15) is 0 Å².